The fraction of sp³-hybridized carbons (Fsp3) is 0.235. The normalized spacial score (nSPS) is 12.3. The molecule has 2 atom stereocenters. The largest absolute Gasteiger partial charge is 0.496 e. The SMILES string of the molecule is COc1cccc(Cl)c1C(=O)Pc1ccc(OC(C)OC)cc1. The summed E-state index contributed by atoms with van der Waals surface area (Å²) < 4.78 is 15.8. The van der Waals surface area contributed by atoms with Crippen LogP contribution in [0.15, 0.2) is 42.5 Å². The van der Waals surface area contributed by atoms with Crippen LogP contribution in [0.1, 0.15) is 17.3 Å². The smallest absolute Gasteiger partial charge is 0.196 e. The maximum Gasteiger partial charge on any atom is 0.196 e. The van der Waals surface area contributed by atoms with Gasteiger partial charge in [-0.3, -0.25) is 4.79 Å². The van der Waals surface area contributed by atoms with Crippen molar-refractivity contribution in [2.75, 3.05) is 14.2 Å². The van der Waals surface area contributed by atoms with Crippen molar-refractivity contribution in [3.05, 3.63) is 53.1 Å². The number of benzene rings is 2. The predicted molar refractivity (Wildman–Crippen MR) is 93.8 cm³/mol. The summed E-state index contributed by atoms with van der Waals surface area (Å²) in [5.74, 6) is 1.18. The molecule has 0 bridgehead atoms. The quantitative estimate of drug-likeness (QED) is 0.560. The summed E-state index contributed by atoms with van der Waals surface area (Å²) >= 11 is 6.14. The highest BCUT2D eigenvalue weighted by atomic mass is 35.5. The highest BCUT2D eigenvalue weighted by Gasteiger charge is 2.16. The number of ether oxygens (including phenoxy) is 3. The molecule has 2 aromatic rings. The molecule has 0 aromatic heterocycles. The number of carbonyl (C=O) groups is 1. The van der Waals surface area contributed by atoms with E-state index in [0.29, 0.717) is 22.1 Å². The summed E-state index contributed by atoms with van der Waals surface area (Å²) in [5, 5.41) is 1.30. The lowest BCUT2D eigenvalue weighted by Gasteiger charge is -2.13. The molecule has 122 valence electrons. The lowest BCUT2D eigenvalue weighted by atomic mass is 10.2. The Morgan fingerprint density at radius 3 is 2.43 bits per heavy atom. The van der Waals surface area contributed by atoms with E-state index in [-0.39, 0.29) is 20.4 Å². The molecule has 0 aliphatic carbocycles. The van der Waals surface area contributed by atoms with E-state index in [1.807, 2.05) is 31.2 Å². The first kappa shape index (κ1) is 17.7. The highest BCUT2D eigenvalue weighted by Crippen LogP contribution is 2.32. The maximum absolute atomic E-state index is 12.5. The number of hydrogen-bond acceptors (Lipinski definition) is 4. The number of carbonyl (C=O) groups excluding carboxylic acids is 1. The topological polar surface area (TPSA) is 44.8 Å². The van der Waals surface area contributed by atoms with E-state index < -0.39 is 0 Å². The molecule has 0 aliphatic rings. The molecule has 2 aromatic carbocycles. The van der Waals surface area contributed by atoms with E-state index >= 15 is 0 Å². The van der Waals surface area contributed by atoms with Gasteiger partial charge in [0.05, 0.1) is 17.7 Å². The van der Waals surface area contributed by atoms with Crippen LogP contribution in [0, 0.1) is 0 Å². The van der Waals surface area contributed by atoms with Gasteiger partial charge < -0.3 is 14.2 Å². The Morgan fingerprint density at radius 2 is 1.83 bits per heavy atom. The Bertz CT molecular complexity index is 673. The zero-order valence-corrected chi connectivity index (χ0v) is 14.9. The van der Waals surface area contributed by atoms with E-state index in [9.17, 15) is 4.79 Å². The van der Waals surface area contributed by atoms with Crippen LogP contribution in [0.5, 0.6) is 11.5 Å². The van der Waals surface area contributed by atoms with Crippen molar-refractivity contribution < 1.29 is 19.0 Å². The summed E-state index contributed by atoms with van der Waals surface area (Å²) in [6.07, 6.45) is -0.322. The lowest BCUT2D eigenvalue weighted by Crippen LogP contribution is -2.13. The summed E-state index contributed by atoms with van der Waals surface area (Å²) in [6, 6.07) is 12.5. The second kappa shape index (κ2) is 8.30. The molecule has 0 saturated carbocycles. The van der Waals surface area contributed by atoms with Gasteiger partial charge in [0.25, 0.3) is 0 Å². The van der Waals surface area contributed by atoms with Crippen LogP contribution in [0.25, 0.3) is 0 Å². The van der Waals surface area contributed by atoms with E-state index in [1.165, 1.54) is 7.11 Å². The van der Waals surface area contributed by atoms with E-state index in [0.717, 1.165) is 5.30 Å². The third-order valence-corrected chi connectivity index (χ3v) is 4.58. The number of halogens is 1. The second-order valence-corrected chi connectivity index (χ2v) is 6.41. The molecule has 0 radical (unpaired) electrons. The van der Waals surface area contributed by atoms with Crippen molar-refractivity contribution in [1.29, 1.82) is 0 Å². The van der Waals surface area contributed by atoms with Gasteiger partial charge in [0, 0.05) is 7.11 Å². The van der Waals surface area contributed by atoms with Crippen molar-refractivity contribution in [3.8, 4) is 11.5 Å². The number of rotatable bonds is 7. The molecule has 2 unspecified atom stereocenters. The van der Waals surface area contributed by atoms with Crippen molar-refractivity contribution >= 4 is 31.0 Å². The van der Waals surface area contributed by atoms with Crippen LogP contribution in [0.2, 0.25) is 5.02 Å². The van der Waals surface area contributed by atoms with Gasteiger partial charge in [-0.2, -0.15) is 0 Å². The van der Waals surface area contributed by atoms with Crippen molar-refractivity contribution in [2.24, 2.45) is 0 Å². The molecule has 0 spiro atoms. The molecule has 6 heteroatoms. The molecular formula is C17H18ClO4P. The average Bonchev–Trinajstić information content (AvgIpc) is 2.56. The van der Waals surface area contributed by atoms with E-state index in [1.54, 1.807) is 25.3 Å². The van der Waals surface area contributed by atoms with Crippen LogP contribution in [-0.4, -0.2) is 26.0 Å². The van der Waals surface area contributed by atoms with Crippen molar-refractivity contribution in [3.63, 3.8) is 0 Å². The Hall–Kier alpha value is -1.61. The minimum atomic E-state index is -0.322. The average molecular weight is 353 g/mol. The van der Waals surface area contributed by atoms with Gasteiger partial charge in [-0.05, 0) is 45.1 Å². The summed E-state index contributed by atoms with van der Waals surface area (Å²) in [4.78, 5) is 12.5. The molecule has 0 aliphatic heterocycles. The molecule has 0 amide bonds. The monoisotopic (exact) mass is 352 g/mol. The molecule has 0 saturated heterocycles. The third-order valence-electron chi connectivity index (χ3n) is 3.17. The highest BCUT2D eigenvalue weighted by molar-refractivity contribution is 7.66. The number of methoxy groups -OCH3 is 2. The lowest BCUT2D eigenvalue weighted by molar-refractivity contribution is -0.0382. The first-order chi connectivity index (χ1) is 11.0. The van der Waals surface area contributed by atoms with Crippen LogP contribution in [0.4, 0.5) is 0 Å². The van der Waals surface area contributed by atoms with Crippen LogP contribution in [-0.2, 0) is 4.74 Å². The third kappa shape index (κ3) is 4.68. The fourth-order valence-electron chi connectivity index (χ4n) is 1.94. The van der Waals surface area contributed by atoms with Gasteiger partial charge in [-0.25, -0.2) is 0 Å². The van der Waals surface area contributed by atoms with E-state index in [4.69, 9.17) is 25.8 Å². The van der Waals surface area contributed by atoms with Crippen LogP contribution < -0.4 is 14.8 Å². The first-order valence-corrected chi connectivity index (χ1v) is 8.36. The molecule has 2 rings (SSSR count). The molecule has 0 heterocycles. The fourth-order valence-corrected chi connectivity index (χ4v) is 3.25. The van der Waals surface area contributed by atoms with Gasteiger partial charge in [0.2, 0.25) is 0 Å². The Labute approximate surface area is 142 Å². The predicted octanol–water partition coefficient (Wildman–Crippen LogP) is 3.86. The molecule has 4 nitrogen and oxygen atoms in total. The van der Waals surface area contributed by atoms with E-state index in [2.05, 4.69) is 0 Å². The summed E-state index contributed by atoms with van der Waals surface area (Å²) in [6.45, 7) is 1.81. The van der Waals surface area contributed by atoms with Gasteiger partial charge in [-0.15, -0.1) is 0 Å². The summed E-state index contributed by atoms with van der Waals surface area (Å²) in [7, 11) is 3.06. The van der Waals surface area contributed by atoms with Gasteiger partial charge in [-0.1, -0.05) is 29.8 Å². The zero-order valence-electron chi connectivity index (χ0n) is 13.1. The Kier molecular flexibility index (Phi) is 6.40. The zero-order chi connectivity index (χ0) is 16.8. The van der Waals surface area contributed by atoms with Gasteiger partial charge in [0.15, 0.2) is 11.8 Å². The summed E-state index contributed by atoms with van der Waals surface area (Å²) in [5.41, 5.74) is 0.356. The van der Waals surface area contributed by atoms with Gasteiger partial charge >= 0.3 is 0 Å². The Balaban J connectivity index is 2.12. The number of hydrogen-bond donors (Lipinski definition) is 0. The molecule has 0 N–H and O–H groups in total. The van der Waals surface area contributed by atoms with Crippen LogP contribution in [0.3, 0.4) is 0 Å². The minimum absolute atomic E-state index is 0.0461. The van der Waals surface area contributed by atoms with Gasteiger partial charge in [0.1, 0.15) is 11.5 Å². The molecule has 0 fully saturated rings. The van der Waals surface area contributed by atoms with Crippen molar-refractivity contribution in [2.45, 2.75) is 13.2 Å². The first-order valence-electron chi connectivity index (χ1n) is 6.98. The molecular weight excluding hydrogens is 335 g/mol. The standard InChI is InChI=1S/C17H18ClO4P/c1-11(20-2)22-12-7-9-13(10-8-12)23-17(19)16-14(18)5-4-6-15(16)21-3/h4-11,23H,1-3H3. The maximum atomic E-state index is 12.5. The van der Waals surface area contributed by atoms with Crippen molar-refractivity contribution in [1.82, 2.24) is 0 Å². The van der Waals surface area contributed by atoms with Crippen LogP contribution >= 0.6 is 20.2 Å². The second-order valence-electron chi connectivity index (χ2n) is 4.72. The minimum Gasteiger partial charge on any atom is -0.496 e. The molecule has 23 heavy (non-hydrogen) atoms. The Morgan fingerprint density at radius 1 is 1.13 bits per heavy atom.